The van der Waals surface area contributed by atoms with E-state index in [9.17, 15) is 4.39 Å². The molecule has 20 heavy (non-hydrogen) atoms. The molecule has 1 heterocycles. The zero-order chi connectivity index (χ0) is 15.0. The van der Waals surface area contributed by atoms with Crippen LogP contribution in [0.2, 0.25) is 12.6 Å². The molecule has 0 aromatic heterocycles. The van der Waals surface area contributed by atoms with Crippen LogP contribution in [0.25, 0.3) is 0 Å². The molecule has 1 fully saturated rings. The van der Waals surface area contributed by atoms with Crippen LogP contribution in [0.1, 0.15) is 46.1 Å². The summed E-state index contributed by atoms with van der Waals surface area (Å²) in [4.78, 5) is 0. The van der Waals surface area contributed by atoms with E-state index in [4.69, 9.17) is 5.26 Å². The zero-order valence-corrected chi connectivity index (χ0v) is 13.0. The average Bonchev–Trinajstić information content (AvgIpc) is 2.47. The quantitative estimate of drug-likeness (QED) is 0.700. The first kappa shape index (κ1) is 15.1. The van der Waals surface area contributed by atoms with E-state index in [1.807, 2.05) is 12.1 Å². The lowest BCUT2D eigenvalue weighted by Gasteiger charge is -2.40. The lowest BCUT2D eigenvalue weighted by atomic mass is 9.40. The minimum absolute atomic E-state index is 0.142. The Morgan fingerprint density at radius 1 is 1.10 bits per heavy atom. The van der Waals surface area contributed by atoms with Gasteiger partial charge in [0.25, 0.3) is 0 Å². The minimum Gasteiger partial charge on any atom is -0.206 e. The third-order valence-electron chi connectivity index (χ3n) is 5.65. The molecule has 0 N–H and O–H groups in total. The Labute approximate surface area is 122 Å². The van der Waals surface area contributed by atoms with Gasteiger partial charge >= 0.3 is 0 Å². The third kappa shape index (κ3) is 2.75. The van der Waals surface area contributed by atoms with Crippen molar-refractivity contribution in [3.8, 4) is 6.07 Å². The highest BCUT2D eigenvalue weighted by molar-refractivity contribution is 6.73. The maximum atomic E-state index is 13.8. The summed E-state index contributed by atoms with van der Waals surface area (Å²) in [6.45, 7) is 9.78. The van der Waals surface area contributed by atoms with Gasteiger partial charge in [-0.2, -0.15) is 5.26 Å². The van der Waals surface area contributed by atoms with Gasteiger partial charge in [-0.25, -0.2) is 4.39 Å². The van der Waals surface area contributed by atoms with E-state index in [2.05, 4.69) is 27.7 Å². The average molecular weight is 271 g/mol. The summed E-state index contributed by atoms with van der Waals surface area (Å²) < 4.78 is 13.8. The molecule has 0 radical (unpaired) electrons. The van der Waals surface area contributed by atoms with Gasteiger partial charge in [-0.15, -0.1) is 0 Å². The molecule has 106 valence electrons. The lowest BCUT2D eigenvalue weighted by Crippen LogP contribution is -2.30. The van der Waals surface area contributed by atoms with Crippen LogP contribution in [0.5, 0.6) is 0 Å². The highest BCUT2D eigenvalue weighted by Crippen LogP contribution is 2.48. The minimum atomic E-state index is -0.382. The van der Waals surface area contributed by atoms with Crippen molar-refractivity contribution >= 4 is 12.2 Å². The van der Waals surface area contributed by atoms with Crippen molar-refractivity contribution in [1.29, 1.82) is 5.26 Å². The molecule has 3 heteroatoms. The van der Waals surface area contributed by atoms with Crippen LogP contribution >= 0.6 is 0 Å². The van der Waals surface area contributed by atoms with Crippen molar-refractivity contribution in [2.45, 2.75) is 53.2 Å². The Morgan fingerprint density at radius 2 is 1.65 bits per heavy atom. The van der Waals surface area contributed by atoms with Gasteiger partial charge in [0.05, 0.1) is 5.56 Å². The van der Waals surface area contributed by atoms with E-state index >= 15 is 0 Å². The van der Waals surface area contributed by atoms with Crippen LogP contribution in [0, 0.1) is 28.0 Å². The monoisotopic (exact) mass is 271 g/mol. The smallest absolute Gasteiger partial charge is 0.176 e. The Morgan fingerprint density at radius 3 is 2.10 bits per heavy atom. The van der Waals surface area contributed by atoms with Gasteiger partial charge in [0.15, 0.2) is 6.71 Å². The van der Waals surface area contributed by atoms with Crippen LogP contribution in [0.3, 0.4) is 0 Å². The summed E-state index contributed by atoms with van der Waals surface area (Å²) in [5, 5.41) is 8.81. The predicted molar refractivity (Wildman–Crippen MR) is 82.9 cm³/mol. The van der Waals surface area contributed by atoms with Gasteiger partial charge in [0.1, 0.15) is 11.9 Å². The van der Waals surface area contributed by atoms with Gasteiger partial charge in [0.2, 0.25) is 0 Å². The normalized spacial score (nSPS) is 21.1. The molecule has 1 aromatic carbocycles. The number of benzene rings is 1. The second kappa shape index (κ2) is 5.24. The van der Waals surface area contributed by atoms with Gasteiger partial charge in [-0.3, -0.25) is 0 Å². The van der Waals surface area contributed by atoms with Crippen LogP contribution in [-0.2, 0) is 0 Å². The summed E-state index contributed by atoms with van der Waals surface area (Å²) in [5.74, 6) is -0.382. The summed E-state index contributed by atoms with van der Waals surface area (Å²) >= 11 is 0. The molecule has 0 amide bonds. The van der Waals surface area contributed by atoms with Crippen molar-refractivity contribution in [3.63, 3.8) is 0 Å². The SMILES string of the molecule is CC1(C)CCB(c2ccc(C#N)c(F)c2)CCC1(C)C. The fourth-order valence-corrected chi connectivity index (χ4v) is 3.10. The Kier molecular flexibility index (Phi) is 3.96. The molecule has 2 rings (SSSR count). The molecular formula is C17H23BFN. The Hall–Kier alpha value is -1.30. The van der Waals surface area contributed by atoms with E-state index in [0.29, 0.717) is 17.5 Å². The largest absolute Gasteiger partial charge is 0.206 e. The first-order valence-corrected chi connectivity index (χ1v) is 7.46. The summed E-state index contributed by atoms with van der Waals surface area (Å²) in [5.41, 5.74) is 1.82. The third-order valence-corrected chi connectivity index (χ3v) is 5.65. The van der Waals surface area contributed by atoms with Crippen molar-refractivity contribution < 1.29 is 4.39 Å². The van der Waals surface area contributed by atoms with Crippen molar-refractivity contribution in [2.24, 2.45) is 10.8 Å². The van der Waals surface area contributed by atoms with E-state index in [-0.39, 0.29) is 11.4 Å². The molecule has 0 atom stereocenters. The van der Waals surface area contributed by atoms with E-state index < -0.39 is 0 Å². The molecule has 1 aliphatic rings. The molecule has 0 aliphatic carbocycles. The summed E-state index contributed by atoms with van der Waals surface area (Å²) in [7, 11) is 0. The van der Waals surface area contributed by atoms with Gasteiger partial charge in [-0.1, -0.05) is 64.7 Å². The molecule has 1 saturated heterocycles. The summed E-state index contributed by atoms with van der Waals surface area (Å²) in [6.07, 6.45) is 4.52. The number of rotatable bonds is 1. The molecule has 1 aliphatic heterocycles. The second-order valence-electron chi connectivity index (χ2n) is 7.39. The van der Waals surface area contributed by atoms with Crippen LogP contribution < -0.4 is 5.46 Å². The van der Waals surface area contributed by atoms with E-state index in [1.54, 1.807) is 12.1 Å². The van der Waals surface area contributed by atoms with Crippen LogP contribution in [0.15, 0.2) is 18.2 Å². The van der Waals surface area contributed by atoms with E-state index in [0.717, 1.165) is 30.9 Å². The standard InChI is InChI=1S/C17H23BFN/c1-16(2)7-9-18(10-8-17(16,3)4)14-6-5-13(12-20)15(19)11-14/h5-6,11H,7-10H2,1-4H3. The maximum absolute atomic E-state index is 13.8. The number of nitriles is 1. The molecule has 0 saturated carbocycles. The highest BCUT2D eigenvalue weighted by Gasteiger charge is 2.40. The number of hydrogen-bond donors (Lipinski definition) is 0. The van der Waals surface area contributed by atoms with Crippen molar-refractivity contribution in [3.05, 3.63) is 29.6 Å². The fourth-order valence-electron chi connectivity index (χ4n) is 3.10. The van der Waals surface area contributed by atoms with Gasteiger partial charge < -0.3 is 0 Å². The highest BCUT2D eigenvalue weighted by atomic mass is 19.1. The zero-order valence-electron chi connectivity index (χ0n) is 13.0. The second-order valence-corrected chi connectivity index (χ2v) is 7.39. The van der Waals surface area contributed by atoms with Gasteiger partial charge in [0, 0.05) is 0 Å². The Bertz CT molecular complexity index is 524. The van der Waals surface area contributed by atoms with Crippen molar-refractivity contribution in [1.82, 2.24) is 0 Å². The first-order valence-electron chi connectivity index (χ1n) is 7.46. The fraction of sp³-hybridized carbons (Fsp3) is 0.588. The number of hydrogen-bond acceptors (Lipinski definition) is 1. The molecule has 0 spiro atoms. The van der Waals surface area contributed by atoms with Crippen molar-refractivity contribution in [2.75, 3.05) is 0 Å². The van der Waals surface area contributed by atoms with Crippen LogP contribution in [0.4, 0.5) is 4.39 Å². The molecular weight excluding hydrogens is 248 g/mol. The summed E-state index contributed by atoms with van der Waals surface area (Å²) in [6, 6.07) is 7.00. The molecule has 1 aromatic rings. The molecule has 0 unspecified atom stereocenters. The number of nitrogens with zero attached hydrogens (tertiary/aromatic N) is 1. The predicted octanol–water partition coefficient (Wildman–Crippen LogP) is 4.25. The Balaban J connectivity index is 2.23. The van der Waals surface area contributed by atoms with E-state index in [1.165, 1.54) is 0 Å². The number of halogens is 1. The van der Waals surface area contributed by atoms with Crippen LogP contribution in [-0.4, -0.2) is 6.71 Å². The van der Waals surface area contributed by atoms with Gasteiger partial charge in [-0.05, 0) is 23.0 Å². The maximum Gasteiger partial charge on any atom is 0.176 e. The molecule has 1 nitrogen and oxygen atoms in total. The first-order chi connectivity index (χ1) is 9.27. The molecule has 0 bridgehead atoms. The topological polar surface area (TPSA) is 23.8 Å². The lowest BCUT2D eigenvalue weighted by molar-refractivity contribution is 0.104.